The van der Waals surface area contributed by atoms with E-state index in [0.717, 1.165) is 26.8 Å². The van der Waals surface area contributed by atoms with Crippen LogP contribution in [0.3, 0.4) is 0 Å². The molecule has 0 amide bonds. The Kier molecular flexibility index (Phi) is 8.27. The van der Waals surface area contributed by atoms with Crippen molar-refractivity contribution in [2.24, 2.45) is 0 Å². The minimum Gasteiger partial charge on any atom is -0.497 e. The monoisotopic (exact) mass is 529 g/mol. The highest BCUT2D eigenvalue weighted by atomic mass is 32.2. The minimum absolute atomic E-state index is 0.0603. The summed E-state index contributed by atoms with van der Waals surface area (Å²) >= 11 is 3.29. The zero-order chi connectivity index (χ0) is 24.8. The maximum Gasteiger partial charge on any atom is 0.244 e. The van der Waals surface area contributed by atoms with E-state index >= 15 is 0 Å². The number of nitrogens with one attached hydrogen (secondary N) is 2. The Morgan fingerprint density at radius 3 is 2.60 bits per heavy atom. The molecule has 0 aliphatic heterocycles. The molecule has 0 bridgehead atoms. The Labute approximate surface area is 214 Å². The lowest BCUT2D eigenvalue weighted by atomic mass is 10.1. The molecule has 1 aromatic heterocycles. The number of hydrogen-bond donors (Lipinski definition) is 2. The number of aromatic amines is 1. The maximum absolute atomic E-state index is 12.8. The summed E-state index contributed by atoms with van der Waals surface area (Å²) in [5.41, 5.74) is 4.41. The molecule has 0 aliphatic carbocycles. The molecule has 0 aliphatic rings. The van der Waals surface area contributed by atoms with Crippen LogP contribution in [0, 0.1) is 6.92 Å². The second-order valence-corrected chi connectivity index (χ2v) is 11.5. The summed E-state index contributed by atoms with van der Waals surface area (Å²) in [5.74, 6) is 2.11. The third kappa shape index (κ3) is 6.13. The lowest BCUT2D eigenvalue weighted by molar-refractivity contribution is 0.392. The van der Waals surface area contributed by atoms with Gasteiger partial charge < -0.3 is 14.5 Å². The summed E-state index contributed by atoms with van der Waals surface area (Å²) in [7, 11) is -0.804. The highest BCUT2D eigenvalue weighted by molar-refractivity contribution is 7.99. The predicted molar refractivity (Wildman–Crippen MR) is 142 cm³/mol. The molecule has 0 radical (unpaired) electrons. The highest BCUT2D eigenvalue weighted by Crippen LogP contribution is 2.30. The Balaban J connectivity index is 1.35. The molecule has 2 N–H and O–H groups in total. The van der Waals surface area contributed by atoms with E-state index in [4.69, 9.17) is 9.47 Å². The van der Waals surface area contributed by atoms with Gasteiger partial charge in [0.1, 0.15) is 16.4 Å². The molecule has 0 saturated carbocycles. The highest BCUT2D eigenvalue weighted by Gasteiger charge is 2.20. The van der Waals surface area contributed by atoms with Gasteiger partial charge in [-0.05, 0) is 48.4 Å². The first-order valence-corrected chi connectivity index (χ1v) is 14.4. The first-order chi connectivity index (χ1) is 16.9. The van der Waals surface area contributed by atoms with Crippen molar-refractivity contribution < 1.29 is 17.9 Å². The average Bonchev–Trinajstić information content (AvgIpc) is 3.29. The van der Waals surface area contributed by atoms with Crippen molar-refractivity contribution in [2.75, 3.05) is 26.5 Å². The Hall–Kier alpha value is -2.66. The van der Waals surface area contributed by atoms with Crippen molar-refractivity contribution in [3.63, 3.8) is 0 Å². The van der Waals surface area contributed by atoms with Crippen molar-refractivity contribution in [3.05, 3.63) is 71.8 Å². The van der Waals surface area contributed by atoms with Crippen LogP contribution >= 0.6 is 23.5 Å². The Bertz CT molecular complexity index is 1390. The first-order valence-electron chi connectivity index (χ1n) is 10.9. The number of H-pyrrole nitrogens is 1. The lowest BCUT2D eigenvalue weighted by Gasteiger charge is -2.13. The van der Waals surface area contributed by atoms with E-state index in [1.807, 2.05) is 30.3 Å². The van der Waals surface area contributed by atoms with Crippen molar-refractivity contribution in [1.82, 2.24) is 14.7 Å². The lowest BCUT2D eigenvalue weighted by Crippen LogP contribution is -2.26. The number of hydrogen-bond acceptors (Lipinski definition) is 7. The molecule has 7 nitrogen and oxygen atoms in total. The maximum atomic E-state index is 12.8. The second-order valence-electron chi connectivity index (χ2n) is 7.65. The number of rotatable bonds is 11. The summed E-state index contributed by atoms with van der Waals surface area (Å²) in [6.45, 7) is 2.38. The predicted octanol–water partition coefficient (Wildman–Crippen LogP) is 5.25. The number of imidazole rings is 1. The largest absolute Gasteiger partial charge is 0.497 e. The molecule has 0 saturated heterocycles. The number of ether oxygens (including phenoxy) is 2. The van der Waals surface area contributed by atoms with Gasteiger partial charge in [-0.25, -0.2) is 18.1 Å². The minimum atomic E-state index is -3.74. The topological polar surface area (TPSA) is 93.3 Å². The van der Waals surface area contributed by atoms with Gasteiger partial charge in [-0.3, -0.25) is 0 Å². The molecule has 10 heteroatoms. The number of fused-ring (bicyclic) bond motifs is 1. The van der Waals surface area contributed by atoms with Crippen LogP contribution in [0.25, 0.3) is 11.0 Å². The number of sulfonamides is 1. The molecule has 0 spiro atoms. The first kappa shape index (κ1) is 25.4. The molecular weight excluding hydrogens is 502 g/mol. The van der Waals surface area contributed by atoms with E-state index in [2.05, 4.69) is 33.7 Å². The van der Waals surface area contributed by atoms with Gasteiger partial charge in [-0.15, -0.1) is 11.8 Å². The van der Waals surface area contributed by atoms with Crippen LogP contribution in [0.1, 0.15) is 11.1 Å². The van der Waals surface area contributed by atoms with Crippen LogP contribution in [0.4, 0.5) is 0 Å². The normalized spacial score (nSPS) is 11.6. The van der Waals surface area contributed by atoms with E-state index in [9.17, 15) is 8.42 Å². The van der Waals surface area contributed by atoms with Gasteiger partial charge in [0.25, 0.3) is 0 Å². The fourth-order valence-corrected chi connectivity index (χ4v) is 6.76. The fourth-order valence-electron chi connectivity index (χ4n) is 3.53. The standard InChI is InChI=1S/C25H27N3O4S3/c1-17-18(16-34-25-27-20-8-4-5-9-21(20)28-25)7-6-10-23(17)33-14-13-26-35(29,30)24-15-19(31-2)11-12-22(24)32-3/h4-12,15,26H,13-14,16H2,1-3H3,(H,27,28). The van der Waals surface area contributed by atoms with Crippen molar-refractivity contribution in [1.29, 1.82) is 0 Å². The number of thioether (sulfide) groups is 2. The molecule has 4 aromatic rings. The molecule has 35 heavy (non-hydrogen) atoms. The number of aromatic nitrogens is 2. The van der Waals surface area contributed by atoms with E-state index in [0.29, 0.717) is 11.5 Å². The molecule has 3 aromatic carbocycles. The van der Waals surface area contributed by atoms with E-state index in [-0.39, 0.29) is 17.2 Å². The van der Waals surface area contributed by atoms with Gasteiger partial charge in [0.2, 0.25) is 10.0 Å². The Morgan fingerprint density at radius 1 is 1.00 bits per heavy atom. The smallest absolute Gasteiger partial charge is 0.244 e. The van der Waals surface area contributed by atoms with Gasteiger partial charge in [-0.2, -0.15) is 0 Å². The number of nitrogens with zero attached hydrogens (tertiary/aromatic N) is 1. The summed E-state index contributed by atoms with van der Waals surface area (Å²) in [6, 6.07) is 18.9. The fraction of sp³-hybridized carbons (Fsp3) is 0.240. The SMILES string of the molecule is COc1ccc(OC)c(S(=O)(=O)NCCSc2cccc(CSc3nc4ccccc4[nH]3)c2C)c1. The van der Waals surface area contributed by atoms with Gasteiger partial charge in [-0.1, -0.05) is 36.0 Å². The van der Waals surface area contributed by atoms with Gasteiger partial charge in [0.15, 0.2) is 5.16 Å². The molecule has 184 valence electrons. The van der Waals surface area contributed by atoms with Crippen LogP contribution in [0.2, 0.25) is 0 Å². The van der Waals surface area contributed by atoms with Crippen LogP contribution < -0.4 is 14.2 Å². The van der Waals surface area contributed by atoms with Crippen molar-refractivity contribution in [3.8, 4) is 11.5 Å². The quantitative estimate of drug-likeness (QED) is 0.202. The summed E-state index contributed by atoms with van der Waals surface area (Å²) in [5, 5.41) is 0.894. The van der Waals surface area contributed by atoms with Crippen molar-refractivity contribution in [2.45, 2.75) is 27.6 Å². The third-order valence-electron chi connectivity index (χ3n) is 5.44. The molecular formula is C25H27N3O4S3. The third-order valence-corrected chi connectivity index (χ3v) is 9.01. The number of para-hydroxylation sites is 2. The second kappa shape index (κ2) is 11.4. The summed E-state index contributed by atoms with van der Waals surface area (Å²) in [6.07, 6.45) is 0. The van der Waals surface area contributed by atoms with E-state index in [1.165, 1.54) is 31.4 Å². The number of methoxy groups -OCH3 is 2. The van der Waals surface area contributed by atoms with Crippen LogP contribution in [-0.2, 0) is 15.8 Å². The molecule has 4 rings (SSSR count). The summed E-state index contributed by atoms with van der Waals surface area (Å²) < 4.78 is 38.7. The molecule has 0 atom stereocenters. The van der Waals surface area contributed by atoms with Crippen LogP contribution in [0.5, 0.6) is 11.5 Å². The molecule has 1 heterocycles. The van der Waals surface area contributed by atoms with E-state index in [1.54, 1.807) is 35.7 Å². The van der Waals surface area contributed by atoms with Gasteiger partial charge in [0.05, 0.1) is 25.3 Å². The van der Waals surface area contributed by atoms with Gasteiger partial charge >= 0.3 is 0 Å². The summed E-state index contributed by atoms with van der Waals surface area (Å²) in [4.78, 5) is 9.17. The molecule has 0 fully saturated rings. The van der Waals surface area contributed by atoms with Crippen LogP contribution in [-0.4, -0.2) is 44.9 Å². The average molecular weight is 530 g/mol. The zero-order valence-electron chi connectivity index (χ0n) is 19.7. The van der Waals surface area contributed by atoms with Gasteiger partial charge in [0, 0.05) is 29.0 Å². The van der Waals surface area contributed by atoms with Crippen LogP contribution in [0.15, 0.2) is 75.6 Å². The number of benzene rings is 3. The van der Waals surface area contributed by atoms with Crippen molar-refractivity contribution >= 4 is 44.6 Å². The Morgan fingerprint density at radius 2 is 1.83 bits per heavy atom. The zero-order valence-corrected chi connectivity index (χ0v) is 22.1. The van der Waals surface area contributed by atoms with E-state index < -0.39 is 10.0 Å². The molecule has 0 unspecified atom stereocenters.